The summed E-state index contributed by atoms with van der Waals surface area (Å²) in [6.45, 7) is 1.62. The van der Waals surface area contributed by atoms with Gasteiger partial charge in [0.05, 0.1) is 17.3 Å². The molecule has 14 heteroatoms. The fourth-order valence-electron chi connectivity index (χ4n) is 3.73. The molecule has 198 valence electrons. The molecule has 0 saturated carbocycles. The number of aryl methyl sites for hydroxylation is 1. The molecule has 1 saturated heterocycles. The zero-order valence-electron chi connectivity index (χ0n) is 19.0. The standard InChI is InChI=1S/C24H15F6N3O5/c1-12-2-11-17(32-31-12)33-19(13-3-7-15(8-4-13)37-23(25,26)27)18(21(35)22(33)36)20(34)14-5-9-16(10-6-14)38-24(28,29)30/h2-11,19,34H,1H3/b20-18-. The Hall–Kier alpha value is -4.62. The summed E-state index contributed by atoms with van der Waals surface area (Å²) in [7, 11) is 0. The van der Waals surface area contributed by atoms with Gasteiger partial charge in [-0.05, 0) is 61.0 Å². The van der Waals surface area contributed by atoms with Gasteiger partial charge in [0.15, 0.2) is 5.82 Å². The van der Waals surface area contributed by atoms with Crippen LogP contribution < -0.4 is 14.4 Å². The molecule has 0 spiro atoms. The number of hydrogen-bond acceptors (Lipinski definition) is 7. The maximum absolute atomic E-state index is 13.1. The van der Waals surface area contributed by atoms with E-state index in [2.05, 4.69) is 19.7 Å². The quantitative estimate of drug-likeness (QED) is 0.206. The average molecular weight is 539 g/mol. The fourth-order valence-corrected chi connectivity index (χ4v) is 3.73. The second-order valence-corrected chi connectivity index (χ2v) is 7.89. The van der Waals surface area contributed by atoms with Crippen molar-refractivity contribution in [3.63, 3.8) is 0 Å². The molecule has 8 nitrogen and oxygen atoms in total. The second kappa shape index (κ2) is 9.68. The van der Waals surface area contributed by atoms with E-state index in [0.29, 0.717) is 5.69 Å². The van der Waals surface area contributed by atoms with Crippen LogP contribution in [0.3, 0.4) is 0 Å². The Balaban J connectivity index is 1.82. The number of Topliss-reactive ketones (excluding diaryl/α,β-unsaturated/α-hetero) is 1. The molecule has 0 bridgehead atoms. The maximum Gasteiger partial charge on any atom is 0.573 e. The predicted molar refractivity (Wildman–Crippen MR) is 118 cm³/mol. The highest BCUT2D eigenvalue weighted by Gasteiger charge is 2.47. The number of aliphatic hydroxyl groups excluding tert-OH is 1. The second-order valence-electron chi connectivity index (χ2n) is 7.89. The van der Waals surface area contributed by atoms with Gasteiger partial charge in [-0.2, -0.15) is 5.10 Å². The topological polar surface area (TPSA) is 102 Å². The Labute approximate surface area is 209 Å². The van der Waals surface area contributed by atoms with Crippen molar-refractivity contribution in [2.75, 3.05) is 4.90 Å². The zero-order chi connectivity index (χ0) is 27.8. The van der Waals surface area contributed by atoms with Crippen molar-refractivity contribution >= 4 is 23.3 Å². The lowest BCUT2D eigenvalue weighted by atomic mass is 9.95. The highest BCUT2D eigenvalue weighted by atomic mass is 19.4. The number of carbonyl (C=O) groups is 2. The van der Waals surface area contributed by atoms with Crippen LogP contribution in [0.4, 0.5) is 32.2 Å². The Morgan fingerprint density at radius 2 is 1.34 bits per heavy atom. The summed E-state index contributed by atoms with van der Waals surface area (Å²) in [6, 6.07) is 9.56. The van der Waals surface area contributed by atoms with Gasteiger partial charge in [-0.15, -0.1) is 31.4 Å². The van der Waals surface area contributed by atoms with Crippen LogP contribution in [-0.4, -0.2) is 39.7 Å². The molecule has 1 unspecified atom stereocenters. The number of ketones is 1. The molecule has 1 fully saturated rings. The molecule has 1 aliphatic heterocycles. The molecule has 1 atom stereocenters. The van der Waals surface area contributed by atoms with E-state index >= 15 is 0 Å². The number of halogens is 6. The lowest BCUT2D eigenvalue weighted by Crippen LogP contribution is -2.30. The van der Waals surface area contributed by atoms with Crippen molar-refractivity contribution in [1.29, 1.82) is 0 Å². The van der Waals surface area contributed by atoms with Crippen molar-refractivity contribution in [2.24, 2.45) is 0 Å². The van der Waals surface area contributed by atoms with Crippen molar-refractivity contribution in [3.05, 3.63) is 83.1 Å². The van der Waals surface area contributed by atoms with E-state index in [4.69, 9.17) is 0 Å². The van der Waals surface area contributed by atoms with Gasteiger partial charge in [0.1, 0.15) is 17.3 Å². The third-order valence-corrected chi connectivity index (χ3v) is 5.27. The van der Waals surface area contributed by atoms with Crippen LogP contribution in [0.5, 0.6) is 11.5 Å². The highest BCUT2D eigenvalue weighted by Crippen LogP contribution is 2.42. The summed E-state index contributed by atoms with van der Waals surface area (Å²) in [4.78, 5) is 27.0. The van der Waals surface area contributed by atoms with E-state index in [1.54, 1.807) is 6.92 Å². The number of alkyl halides is 6. The first-order chi connectivity index (χ1) is 17.7. The van der Waals surface area contributed by atoms with E-state index in [1.165, 1.54) is 12.1 Å². The molecule has 1 aliphatic rings. The summed E-state index contributed by atoms with van der Waals surface area (Å²) in [5, 5.41) is 18.7. The lowest BCUT2D eigenvalue weighted by Gasteiger charge is -2.24. The third-order valence-electron chi connectivity index (χ3n) is 5.27. The normalized spacial score (nSPS) is 17.6. The molecule has 3 aromatic rings. The molecular formula is C24H15F6N3O5. The number of anilines is 1. The van der Waals surface area contributed by atoms with E-state index in [0.717, 1.165) is 53.4 Å². The van der Waals surface area contributed by atoms with Gasteiger partial charge in [0.2, 0.25) is 0 Å². The minimum Gasteiger partial charge on any atom is -0.507 e. The molecule has 38 heavy (non-hydrogen) atoms. The average Bonchev–Trinajstić information content (AvgIpc) is 3.08. The summed E-state index contributed by atoms with van der Waals surface area (Å²) >= 11 is 0. The van der Waals surface area contributed by atoms with E-state index in [1.807, 2.05) is 0 Å². The van der Waals surface area contributed by atoms with Gasteiger partial charge < -0.3 is 14.6 Å². The van der Waals surface area contributed by atoms with Gasteiger partial charge in [-0.25, -0.2) is 0 Å². The van der Waals surface area contributed by atoms with Crippen LogP contribution in [0, 0.1) is 6.92 Å². The first kappa shape index (κ1) is 26.4. The number of benzene rings is 2. The fraction of sp³-hybridized carbons (Fsp3) is 0.167. The van der Waals surface area contributed by atoms with Gasteiger partial charge in [-0.3, -0.25) is 14.5 Å². The van der Waals surface area contributed by atoms with Gasteiger partial charge in [0.25, 0.3) is 5.78 Å². The molecule has 1 amide bonds. The maximum atomic E-state index is 13.1. The summed E-state index contributed by atoms with van der Waals surface area (Å²) < 4.78 is 82.8. The number of ether oxygens (including phenoxy) is 2. The Morgan fingerprint density at radius 1 is 0.816 bits per heavy atom. The number of amides is 1. The first-order valence-corrected chi connectivity index (χ1v) is 10.6. The number of aliphatic hydroxyl groups is 1. The SMILES string of the molecule is Cc1ccc(N2C(=O)C(=O)/C(=C(\O)c3ccc(OC(F)(F)F)cc3)C2c2ccc(OC(F)(F)F)cc2)nn1. The predicted octanol–water partition coefficient (Wildman–Crippen LogP) is 5.21. The van der Waals surface area contributed by atoms with Crippen LogP contribution in [0.25, 0.3) is 5.76 Å². The van der Waals surface area contributed by atoms with E-state index in [-0.39, 0.29) is 16.9 Å². The van der Waals surface area contributed by atoms with Crippen LogP contribution in [0.1, 0.15) is 22.9 Å². The zero-order valence-corrected chi connectivity index (χ0v) is 19.0. The van der Waals surface area contributed by atoms with Crippen molar-refractivity contribution in [1.82, 2.24) is 10.2 Å². The molecular weight excluding hydrogens is 524 g/mol. The number of nitrogens with zero attached hydrogens (tertiary/aromatic N) is 3. The molecule has 1 N–H and O–H groups in total. The van der Waals surface area contributed by atoms with Crippen LogP contribution in [-0.2, 0) is 9.59 Å². The molecule has 2 aromatic carbocycles. The molecule has 0 aliphatic carbocycles. The first-order valence-electron chi connectivity index (χ1n) is 10.6. The molecule has 1 aromatic heterocycles. The van der Waals surface area contributed by atoms with E-state index in [9.17, 15) is 41.0 Å². The highest BCUT2D eigenvalue weighted by molar-refractivity contribution is 6.51. The number of carbonyl (C=O) groups excluding carboxylic acids is 2. The number of hydrogen-bond donors (Lipinski definition) is 1. The van der Waals surface area contributed by atoms with Crippen molar-refractivity contribution in [2.45, 2.75) is 25.7 Å². The van der Waals surface area contributed by atoms with Gasteiger partial charge in [-0.1, -0.05) is 12.1 Å². The molecule has 2 heterocycles. The summed E-state index contributed by atoms with van der Waals surface area (Å²) in [5.41, 5.74) is -0.0303. The summed E-state index contributed by atoms with van der Waals surface area (Å²) in [6.07, 6.45) is -9.92. The van der Waals surface area contributed by atoms with Gasteiger partial charge in [0, 0.05) is 5.56 Å². The Bertz CT molecular complexity index is 1390. The van der Waals surface area contributed by atoms with Crippen LogP contribution in [0.2, 0.25) is 0 Å². The Kier molecular flexibility index (Phi) is 6.74. The Morgan fingerprint density at radius 3 is 1.82 bits per heavy atom. The monoisotopic (exact) mass is 539 g/mol. The van der Waals surface area contributed by atoms with Crippen LogP contribution >= 0.6 is 0 Å². The molecule has 4 rings (SSSR count). The van der Waals surface area contributed by atoms with E-state index < -0.39 is 53.3 Å². The number of rotatable bonds is 5. The van der Waals surface area contributed by atoms with Crippen LogP contribution in [0.15, 0.2) is 66.2 Å². The minimum absolute atomic E-state index is 0.0914. The van der Waals surface area contributed by atoms with Gasteiger partial charge >= 0.3 is 18.6 Å². The van der Waals surface area contributed by atoms with Crippen molar-refractivity contribution in [3.8, 4) is 11.5 Å². The number of aromatic nitrogens is 2. The summed E-state index contributed by atoms with van der Waals surface area (Å²) in [5.74, 6) is -4.30. The third kappa shape index (κ3) is 5.68. The minimum atomic E-state index is -4.96. The largest absolute Gasteiger partial charge is 0.573 e. The molecule has 0 radical (unpaired) electrons. The lowest BCUT2D eigenvalue weighted by molar-refractivity contribution is -0.275. The smallest absolute Gasteiger partial charge is 0.507 e. The van der Waals surface area contributed by atoms with Crippen molar-refractivity contribution < 1.29 is 50.5 Å².